The number of hydrogen-bond acceptors (Lipinski definition) is 23. The van der Waals surface area contributed by atoms with Crippen molar-refractivity contribution in [3.05, 3.63) is 323 Å². The van der Waals surface area contributed by atoms with Gasteiger partial charge in [0.15, 0.2) is 23.2 Å². The van der Waals surface area contributed by atoms with E-state index in [2.05, 4.69) is 63.7 Å². The van der Waals surface area contributed by atoms with Crippen LogP contribution in [-0.4, -0.2) is 136 Å². The molecule has 0 spiro atoms. The molecular weight excluding hydrogens is 2030 g/mol. The summed E-state index contributed by atoms with van der Waals surface area (Å²) in [6.45, 7) is 3.63. The van der Waals surface area contributed by atoms with Crippen molar-refractivity contribution in [2.24, 2.45) is 0 Å². The van der Waals surface area contributed by atoms with Gasteiger partial charge in [-0.3, -0.25) is 38.1 Å². The van der Waals surface area contributed by atoms with Crippen LogP contribution in [0.2, 0.25) is 25.1 Å². The molecule has 12 aromatic rings. The van der Waals surface area contributed by atoms with E-state index in [4.69, 9.17) is 67.5 Å². The number of halogens is 17. The number of aryl methyl sites for hydroxylation is 3. The zero-order chi connectivity index (χ0) is 101. The number of anilines is 4. The van der Waals surface area contributed by atoms with Crippen LogP contribution in [0.15, 0.2) is 233 Å². The van der Waals surface area contributed by atoms with Crippen molar-refractivity contribution in [1.82, 2.24) is 54.3 Å². The number of benzene rings is 5. The first-order valence-corrected chi connectivity index (χ1v) is 46.2. The van der Waals surface area contributed by atoms with Crippen molar-refractivity contribution in [2.45, 2.75) is 65.1 Å². The van der Waals surface area contributed by atoms with E-state index in [0.29, 0.717) is 55.8 Å². The molecule has 11 heterocycles. The largest absolute Gasteiger partial charge is 0.494 e. The molecule has 0 saturated heterocycles. The van der Waals surface area contributed by atoms with Gasteiger partial charge in [0.2, 0.25) is 17.3 Å². The minimum Gasteiger partial charge on any atom is -0.494 e. The summed E-state index contributed by atoms with van der Waals surface area (Å²) in [5, 5.41) is 20.2. The van der Waals surface area contributed by atoms with Crippen LogP contribution in [0.1, 0.15) is 103 Å². The van der Waals surface area contributed by atoms with E-state index in [9.17, 15) is 116 Å². The van der Waals surface area contributed by atoms with Gasteiger partial charge in [-0.1, -0.05) is 76.2 Å². The van der Waals surface area contributed by atoms with Gasteiger partial charge in [0, 0.05) is 99.4 Å². The van der Waals surface area contributed by atoms with Gasteiger partial charge in [0.25, 0.3) is 40.1 Å². The molecular formula is C86H58Cl5F12N15O16S4. The molecule has 7 aromatic heterocycles. The van der Waals surface area contributed by atoms with Crippen molar-refractivity contribution in [2.75, 3.05) is 33.1 Å². The van der Waals surface area contributed by atoms with Gasteiger partial charge >= 0.3 is 24.7 Å². The highest BCUT2D eigenvalue weighted by Gasteiger charge is 2.40. The fourth-order valence-corrected chi connectivity index (χ4v) is 18.8. The SMILES string of the molecule is COc1cn(O)c2nccc-2c1C(=O)c1ncc(Cl)cc1NS(=O)(=O)c1ccc(C)c(C(F)(F)F)c1.COc1cnc2[nH]ccc2c1C(=O)c1ncc(Cl)cc1NS(=O)(=O)c1ccc(C)c(C(F)(F)F)c1.Cc1ccc(S(=O)(=O)Nc2cc(Cl)cnc2C(=O)c2ccn(O)c3nccc2-3)cc1C(F)(F)F.O=C(c1ccc(Cl)cc1NS(=O)(=O)c1ccc(Cl)c(C(F)(F)F)c1)c1ccnc2[nH]ccc12. The molecule has 0 aliphatic carbocycles. The number of hydrogen-bond donors (Lipinski definition) is 8. The second-order valence-electron chi connectivity index (χ2n) is 29.0. The van der Waals surface area contributed by atoms with Gasteiger partial charge in [-0.2, -0.15) is 62.1 Å². The van der Waals surface area contributed by atoms with Crippen LogP contribution < -0.4 is 28.4 Å². The summed E-state index contributed by atoms with van der Waals surface area (Å²) in [6, 6.07) is 26.0. The monoisotopic (exact) mass is 2090 g/mol. The number of nitrogens with zero attached hydrogens (tertiary/aromatic N) is 9. The van der Waals surface area contributed by atoms with Crippen LogP contribution in [0.4, 0.5) is 75.4 Å². The second-order valence-corrected chi connectivity index (χ2v) is 37.9. The number of nitrogens with one attached hydrogen (secondary N) is 6. The smallest absolute Gasteiger partial charge is 0.417 e. The average molecular weight is 2090 g/mol. The molecule has 4 aliphatic rings. The van der Waals surface area contributed by atoms with Crippen molar-refractivity contribution < 1.29 is 125 Å². The van der Waals surface area contributed by atoms with Gasteiger partial charge in [-0.15, -0.1) is 0 Å². The number of methoxy groups -OCH3 is 2. The Kier molecular flexibility index (Phi) is 28.7. The third-order valence-electron chi connectivity index (χ3n) is 20.1. The number of carbonyl (C=O) groups excluding carboxylic acids is 4. The molecule has 8 N–H and O–H groups in total. The van der Waals surface area contributed by atoms with E-state index in [1.807, 2.05) is 0 Å². The molecule has 0 unspecified atom stereocenters. The highest BCUT2D eigenvalue weighted by Crippen LogP contribution is 2.43. The van der Waals surface area contributed by atoms with Gasteiger partial charge < -0.3 is 29.9 Å². The first-order chi connectivity index (χ1) is 64.6. The van der Waals surface area contributed by atoms with Crippen molar-refractivity contribution >= 4 is 166 Å². The lowest BCUT2D eigenvalue weighted by atomic mass is 10.0. The molecule has 0 atom stereocenters. The van der Waals surface area contributed by atoms with Crippen LogP contribution in [-0.2, 0) is 64.8 Å². The minimum absolute atomic E-state index is 0.00683. The number of aromatic amines is 2. The first-order valence-electron chi connectivity index (χ1n) is 38.4. The highest BCUT2D eigenvalue weighted by atomic mass is 35.5. The van der Waals surface area contributed by atoms with E-state index in [1.54, 1.807) is 24.5 Å². The summed E-state index contributed by atoms with van der Waals surface area (Å²) in [7, 11) is -15.7. The molecule has 5 aromatic carbocycles. The minimum atomic E-state index is -4.86. The molecule has 4 aliphatic heterocycles. The third-order valence-corrected chi connectivity index (χ3v) is 26.7. The molecule has 52 heteroatoms. The summed E-state index contributed by atoms with van der Waals surface area (Å²) in [5.41, 5.74) is -5.91. The fraction of sp³-hybridized carbons (Fsp3) is 0.105. The predicted octanol–water partition coefficient (Wildman–Crippen LogP) is 20.2. The van der Waals surface area contributed by atoms with Gasteiger partial charge in [-0.25, -0.2) is 68.6 Å². The topological polar surface area (TPSA) is 444 Å². The Hall–Kier alpha value is -14.2. The summed E-state index contributed by atoms with van der Waals surface area (Å²) < 4.78 is 283. The standard InChI is InChI=1S/C22H16ClF3N4O5S.C22H16ClF3N4O4S.C21H12Cl2F3N3O3S.C21H14ClF3N4O4S/c1-11-3-4-13(8-15(11)22(24,25)26)36(33,34)29-16-7-12(23)9-28-19(16)20(31)18-14-5-6-27-21(14)30(32)10-17(18)35-2;1-11-3-4-13(8-15(11)22(24,25)26)35(32,33)30-16-7-12(23)9-28-19(16)20(31)18-14-5-6-27-21(14)29-10-17(18)34-2;22-11-1-3-15(19(30)13-5-7-27-20-14(13)6-8-28-20)18(9-11)29-33(31,32)12-2-4-17(23)16(10-12)21(24,25)26;1-11-2-3-13(9-16(11)21(23,24)25)34(32,33)28-17-8-12(22)10-27-18(17)19(30)14-5-7-29(31)20-15(14)4-6-26-20/h3-10,29,32H,1-2H3;3-10,30H,1-2H3,(H,27,29);1-10,29H,(H,27,28);2-10,28,31H,1H3. The lowest BCUT2D eigenvalue weighted by molar-refractivity contribution is -0.139. The van der Waals surface area contributed by atoms with Gasteiger partial charge in [-0.05, 0) is 165 Å². The first kappa shape index (κ1) is 101. The maximum Gasteiger partial charge on any atom is 0.417 e. The number of fused-ring (bicyclic) bond motifs is 4. The number of aromatic nitrogens is 11. The Balaban J connectivity index is 0.000000155. The Morgan fingerprint density at radius 3 is 1.22 bits per heavy atom. The Morgan fingerprint density at radius 2 is 0.761 bits per heavy atom. The van der Waals surface area contributed by atoms with Crippen molar-refractivity contribution in [1.29, 1.82) is 0 Å². The van der Waals surface area contributed by atoms with Crippen LogP contribution in [0.5, 0.6) is 11.5 Å². The van der Waals surface area contributed by atoms with E-state index in [-0.39, 0.29) is 133 Å². The fourth-order valence-electron chi connectivity index (χ4n) is 13.5. The second kappa shape index (κ2) is 39.1. The van der Waals surface area contributed by atoms with Crippen LogP contribution in [0.3, 0.4) is 0 Å². The van der Waals surface area contributed by atoms with Crippen LogP contribution >= 0.6 is 58.0 Å². The Labute approximate surface area is 795 Å². The lowest BCUT2D eigenvalue weighted by Crippen LogP contribution is -2.19. The molecule has 716 valence electrons. The van der Waals surface area contributed by atoms with Crippen LogP contribution in [0, 0.1) is 20.8 Å². The van der Waals surface area contributed by atoms with Crippen molar-refractivity contribution in [3.63, 3.8) is 0 Å². The zero-order valence-electron chi connectivity index (χ0n) is 69.9. The quantitative estimate of drug-likeness (QED) is 0.0177. The number of pyridine rings is 7. The molecule has 0 saturated carbocycles. The molecule has 138 heavy (non-hydrogen) atoms. The normalized spacial score (nSPS) is 12.1. The molecule has 0 bridgehead atoms. The van der Waals surface area contributed by atoms with Crippen LogP contribution in [0.25, 0.3) is 44.8 Å². The third kappa shape index (κ3) is 21.8. The Bertz CT molecular complexity index is 7990. The molecule has 0 amide bonds. The predicted molar refractivity (Wildman–Crippen MR) is 479 cm³/mol. The number of sulfonamides is 4. The highest BCUT2D eigenvalue weighted by molar-refractivity contribution is 7.93. The van der Waals surface area contributed by atoms with Gasteiger partial charge in [0.05, 0.1) is 122 Å². The molecule has 16 rings (SSSR count). The maximum absolute atomic E-state index is 13.5. The van der Waals surface area contributed by atoms with E-state index in [1.165, 1.54) is 108 Å². The number of ketones is 4. The van der Waals surface area contributed by atoms with E-state index < -0.39 is 140 Å². The number of carbonyl (C=O) groups is 4. The van der Waals surface area contributed by atoms with Crippen molar-refractivity contribution in [3.8, 4) is 34.3 Å². The zero-order valence-corrected chi connectivity index (χ0v) is 76.9. The number of ether oxygens (including phenoxy) is 2. The number of H-pyrrole nitrogens is 2. The van der Waals surface area contributed by atoms with Gasteiger partial charge in [0.1, 0.15) is 34.1 Å². The summed E-state index contributed by atoms with van der Waals surface area (Å²) >= 11 is 29.5. The van der Waals surface area contributed by atoms with E-state index >= 15 is 0 Å². The molecule has 0 radical (unpaired) electrons. The summed E-state index contributed by atoms with van der Waals surface area (Å²) in [6.07, 6.45) is -4.94. The lowest BCUT2D eigenvalue weighted by Gasteiger charge is -2.17. The number of alkyl halides is 12. The average Bonchev–Trinajstić information content (AvgIpc) is 1.24. The van der Waals surface area contributed by atoms with E-state index in [0.717, 1.165) is 91.5 Å². The molecule has 0 fully saturated rings. The summed E-state index contributed by atoms with van der Waals surface area (Å²) in [5.74, 6) is -2.65. The Morgan fingerprint density at radius 1 is 0.370 bits per heavy atom. The number of rotatable bonds is 22. The molecule has 31 nitrogen and oxygen atoms in total. The summed E-state index contributed by atoms with van der Waals surface area (Å²) in [4.78, 5) is 84.7. The maximum atomic E-state index is 13.5.